The molecule has 0 radical (unpaired) electrons. The third kappa shape index (κ3) is 3.56. The molecule has 6 nitrogen and oxygen atoms in total. The minimum absolute atomic E-state index is 0.0179. The molecule has 0 spiro atoms. The van der Waals surface area contributed by atoms with E-state index in [-0.39, 0.29) is 5.75 Å². The van der Waals surface area contributed by atoms with E-state index >= 15 is 0 Å². The molecule has 2 rings (SSSR count). The van der Waals surface area contributed by atoms with E-state index in [9.17, 15) is 8.42 Å². The number of anilines is 1. The number of aromatic nitrogens is 3. The lowest BCUT2D eigenvalue weighted by atomic mass is 10.3. The van der Waals surface area contributed by atoms with Crippen molar-refractivity contribution in [1.82, 2.24) is 15.2 Å². The van der Waals surface area contributed by atoms with Crippen LogP contribution >= 0.6 is 0 Å². The molecule has 0 aliphatic carbocycles. The molecule has 2 aromatic heterocycles. The molecular formula is C11H14N4O2S. The largest absolute Gasteiger partial charge is 0.281 e. The van der Waals surface area contributed by atoms with E-state index in [0.29, 0.717) is 12.2 Å². The summed E-state index contributed by atoms with van der Waals surface area (Å²) in [5.41, 5.74) is 1.55. The molecule has 0 fully saturated rings. The van der Waals surface area contributed by atoms with Gasteiger partial charge in [-0.15, -0.1) is 0 Å². The summed E-state index contributed by atoms with van der Waals surface area (Å²) in [7, 11) is -3.39. The molecule has 0 saturated carbocycles. The highest BCUT2D eigenvalue weighted by atomic mass is 32.2. The third-order valence-electron chi connectivity index (χ3n) is 2.32. The summed E-state index contributed by atoms with van der Waals surface area (Å²) in [6, 6.07) is 7.06. The third-order valence-corrected chi connectivity index (χ3v) is 3.58. The van der Waals surface area contributed by atoms with Crippen molar-refractivity contribution in [3.8, 4) is 0 Å². The predicted octanol–water partition coefficient (Wildman–Crippen LogP) is 1.10. The van der Waals surface area contributed by atoms with Crippen LogP contribution in [0, 0.1) is 6.92 Å². The molecule has 18 heavy (non-hydrogen) atoms. The predicted molar refractivity (Wildman–Crippen MR) is 68.7 cm³/mol. The van der Waals surface area contributed by atoms with Gasteiger partial charge in [0.15, 0.2) is 5.82 Å². The van der Waals surface area contributed by atoms with Gasteiger partial charge in [0.2, 0.25) is 10.0 Å². The van der Waals surface area contributed by atoms with Crippen molar-refractivity contribution >= 4 is 15.8 Å². The zero-order valence-corrected chi connectivity index (χ0v) is 10.7. The van der Waals surface area contributed by atoms with Crippen LogP contribution in [0.25, 0.3) is 0 Å². The lowest BCUT2D eigenvalue weighted by molar-refractivity contribution is 0.600. The van der Waals surface area contributed by atoms with Crippen molar-refractivity contribution < 1.29 is 8.42 Å². The Kier molecular flexibility index (Phi) is 3.61. The molecule has 0 aliphatic heterocycles. The van der Waals surface area contributed by atoms with Crippen LogP contribution in [0.4, 0.5) is 5.82 Å². The maximum Gasteiger partial charge on any atom is 0.234 e. The smallest absolute Gasteiger partial charge is 0.234 e. The Morgan fingerprint density at radius 3 is 2.83 bits per heavy atom. The average molecular weight is 266 g/mol. The summed E-state index contributed by atoms with van der Waals surface area (Å²) < 4.78 is 26.0. The fourth-order valence-corrected chi connectivity index (χ4v) is 2.47. The number of aromatic amines is 1. The Balaban J connectivity index is 1.96. The van der Waals surface area contributed by atoms with Crippen LogP contribution < -0.4 is 4.72 Å². The molecule has 0 saturated heterocycles. The zero-order valence-electron chi connectivity index (χ0n) is 9.92. The monoisotopic (exact) mass is 266 g/mol. The van der Waals surface area contributed by atoms with Gasteiger partial charge in [-0.05, 0) is 19.1 Å². The fourth-order valence-electron chi connectivity index (χ4n) is 1.47. The van der Waals surface area contributed by atoms with E-state index in [1.54, 1.807) is 31.3 Å². The Bertz CT molecular complexity index is 607. The van der Waals surface area contributed by atoms with Crippen LogP contribution in [0.5, 0.6) is 0 Å². The number of rotatable bonds is 5. The van der Waals surface area contributed by atoms with Gasteiger partial charge < -0.3 is 0 Å². The summed E-state index contributed by atoms with van der Waals surface area (Å²) in [5.74, 6) is 0.296. The Morgan fingerprint density at radius 2 is 2.22 bits per heavy atom. The topological polar surface area (TPSA) is 87.7 Å². The maximum atomic E-state index is 11.8. The highest BCUT2D eigenvalue weighted by Gasteiger charge is 2.12. The van der Waals surface area contributed by atoms with Crippen LogP contribution in [0.3, 0.4) is 0 Å². The van der Waals surface area contributed by atoms with Crippen LogP contribution in [0.2, 0.25) is 0 Å². The molecule has 2 N–H and O–H groups in total. The van der Waals surface area contributed by atoms with Crippen molar-refractivity contribution in [2.24, 2.45) is 0 Å². The van der Waals surface area contributed by atoms with Crippen molar-refractivity contribution in [1.29, 1.82) is 0 Å². The number of pyridine rings is 1. The lowest BCUT2D eigenvalue weighted by Crippen LogP contribution is -2.18. The highest BCUT2D eigenvalue weighted by Crippen LogP contribution is 2.07. The number of sulfonamides is 1. The Hall–Kier alpha value is -1.89. The van der Waals surface area contributed by atoms with E-state index in [4.69, 9.17) is 0 Å². The van der Waals surface area contributed by atoms with Gasteiger partial charge in [0.1, 0.15) is 0 Å². The average Bonchev–Trinajstić information content (AvgIpc) is 2.73. The summed E-state index contributed by atoms with van der Waals surface area (Å²) in [4.78, 5) is 4.08. The molecule has 0 aliphatic rings. The minimum atomic E-state index is -3.39. The van der Waals surface area contributed by atoms with E-state index in [0.717, 1.165) is 11.4 Å². The van der Waals surface area contributed by atoms with Gasteiger partial charge in [-0.2, -0.15) is 5.10 Å². The first-order valence-electron chi connectivity index (χ1n) is 5.47. The molecule has 0 atom stereocenters. The summed E-state index contributed by atoms with van der Waals surface area (Å²) in [6.45, 7) is 1.80. The van der Waals surface area contributed by atoms with E-state index in [1.165, 1.54) is 0 Å². The van der Waals surface area contributed by atoms with Gasteiger partial charge in [0.05, 0.1) is 5.75 Å². The van der Waals surface area contributed by atoms with E-state index in [2.05, 4.69) is 19.9 Å². The zero-order chi connectivity index (χ0) is 13.0. The SMILES string of the molecule is Cc1cc(NS(=O)(=O)CCc2ccccn2)n[nH]1. The Labute approximate surface area is 106 Å². The second-order valence-corrected chi connectivity index (χ2v) is 5.77. The fraction of sp³-hybridized carbons (Fsp3) is 0.273. The first kappa shape index (κ1) is 12.6. The number of hydrogen-bond acceptors (Lipinski definition) is 4. The molecular weight excluding hydrogens is 252 g/mol. The summed E-state index contributed by atoms with van der Waals surface area (Å²) in [6.07, 6.45) is 2.02. The second-order valence-electron chi connectivity index (χ2n) is 3.93. The number of H-pyrrole nitrogens is 1. The van der Waals surface area contributed by atoms with Crippen molar-refractivity contribution in [2.75, 3.05) is 10.5 Å². The standard InChI is InChI=1S/C11H14N4O2S/c1-9-8-11(14-13-9)15-18(16,17)7-5-10-4-2-3-6-12-10/h2-4,6,8H,5,7H2,1H3,(H2,13,14,15). The number of aryl methyl sites for hydroxylation is 2. The van der Waals surface area contributed by atoms with Crippen molar-refractivity contribution in [2.45, 2.75) is 13.3 Å². The minimum Gasteiger partial charge on any atom is -0.281 e. The summed E-state index contributed by atoms with van der Waals surface area (Å²) >= 11 is 0. The number of hydrogen-bond donors (Lipinski definition) is 2. The first-order chi connectivity index (χ1) is 8.55. The van der Waals surface area contributed by atoms with Gasteiger partial charge in [0, 0.05) is 30.1 Å². The molecule has 0 aromatic carbocycles. The number of nitrogens with one attached hydrogen (secondary N) is 2. The van der Waals surface area contributed by atoms with Gasteiger partial charge in [0.25, 0.3) is 0 Å². The number of nitrogens with zero attached hydrogens (tertiary/aromatic N) is 2. The van der Waals surface area contributed by atoms with Crippen LogP contribution in [-0.2, 0) is 16.4 Å². The molecule has 96 valence electrons. The maximum absolute atomic E-state index is 11.8. The van der Waals surface area contributed by atoms with Crippen LogP contribution in [0.15, 0.2) is 30.5 Å². The second kappa shape index (κ2) is 5.18. The van der Waals surface area contributed by atoms with Crippen molar-refractivity contribution in [3.63, 3.8) is 0 Å². The molecule has 2 aromatic rings. The summed E-state index contributed by atoms with van der Waals surface area (Å²) in [5, 5.41) is 6.50. The van der Waals surface area contributed by atoms with Gasteiger partial charge in [-0.25, -0.2) is 8.42 Å². The van der Waals surface area contributed by atoms with Crippen LogP contribution in [-0.4, -0.2) is 29.4 Å². The van der Waals surface area contributed by atoms with Crippen LogP contribution in [0.1, 0.15) is 11.4 Å². The molecule has 0 bridgehead atoms. The van der Waals surface area contributed by atoms with E-state index < -0.39 is 10.0 Å². The van der Waals surface area contributed by atoms with Gasteiger partial charge in [-0.3, -0.25) is 14.8 Å². The van der Waals surface area contributed by atoms with Gasteiger partial charge >= 0.3 is 0 Å². The highest BCUT2D eigenvalue weighted by molar-refractivity contribution is 7.92. The molecule has 7 heteroatoms. The lowest BCUT2D eigenvalue weighted by Gasteiger charge is -2.04. The van der Waals surface area contributed by atoms with Gasteiger partial charge in [-0.1, -0.05) is 6.07 Å². The van der Waals surface area contributed by atoms with E-state index in [1.807, 2.05) is 6.07 Å². The molecule has 0 amide bonds. The molecule has 2 heterocycles. The molecule has 0 unspecified atom stereocenters. The first-order valence-corrected chi connectivity index (χ1v) is 7.13. The Morgan fingerprint density at radius 1 is 1.39 bits per heavy atom. The quantitative estimate of drug-likeness (QED) is 0.848. The normalized spacial score (nSPS) is 11.4. The van der Waals surface area contributed by atoms with Crippen molar-refractivity contribution in [3.05, 3.63) is 41.9 Å².